The zero-order valence-corrected chi connectivity index (χ0v) is 15.7. The zero-order chi connectivity index (χ0) is 19.9. The Kier molecular flexibility index (Phi) is 4.98. The van der Waals surface area contributed by atoms with Crippen molar-refractivity contribution in [3.63, 3.8) is 0 Å². The number of halogens is 3. The SMILES string of the molecule is Cc1ccc(C(F)(F)F)cc1C1(O)CC2COCC(C1)N2Cc1ccccc1. The molecule has 1 N–H and O–H groups in total. The fraction of sp³-hybridized carbons (Fsp3) is 0.455. The van der Waals surface area contributed by atoms with Gasteiger partial charge >= 0.3 is 6.18 Å². The highest BCUT2D eigenvalue weighted by atomic mass is 19.4. The van der Waals surface area contributed by atoms with E-state index in [4.69, 9.17) is 4.74 Å². The van der Waals surface area contributed by atoms with Crippen LogP contribution in [0.4, 0.5) is 13.2 Å². The third-order valence-corrected chi connectivity index (χ3v) is 5.98. The molecule has 28 heavy (non-hydrogen) atoms. The van der Waals surface area contributed by atoms with Crippen LogP contribution >= 0.6 is 0 Å². The number of ether oxygens (including phenoxy) is 1. The number of aryl methyl sites for hydroxylation is 1. The van der Waals surface area contributed by atoms with E-state index in [0.717, 1.165) is 18.7 Å². The quantitative estimate of drug-likeness (QED) is 0.849. The van der Waals surface area contributed by atoms with Crippen LogP contribution in [0.3, 0.4) is 0 Å². The van der Waals surface area contributed by atoms with Crippen LogP contribution in [0.25, 0.3) is 0 Å². The van der Waals surface area contributed by atoms with Crippen molar-refractivity contribution in [3.8, 4) is 0 Å². The van der Waals surface area contributed by atoms with E-state index in [0.29, 0.717) is 37.2 Å². The van der Waals surface area contributed by atoms with Crippen molar-refractivity contribution in [1.29, 1.82) is 0 Å². The lowest BCUT2D eigenvalue weighted by Crippen LogP contribution is -2.60. The van der Waals surface area contributed by atoms with Crippen molar-refractivity contribution in [3.05, 3.63) is 70.8 Å². The topological polar surface area (TPSA) is 32.7 Å². The highest BCUT2D eigenvalue weighted by molar-refractivity contribution is 5.37. The second-order valence-corrected chi connectivity index (χ2v) is 7.97. The summed E-state index contributed by atoms with van der Waals surface area (Å²) in [5.41, 5.74) is 0.261. The number of rotatable bonds is 3. The molecule has 2 saturated heterocycles. The maximum absolute atomic E-state index is 13.2. The Morgan fingerprint density at radius 1 is 1.07 bits per heavy atom. The second-order valence-electron chi connectivity index (χ2n) is 7.97. The number of morpholine rings is 1. The largest absolute Gasteiger partial charge is 0.416 e. The summed E-state index contributed by atoms with van der Waals surface area (Å²) < 4.78 is 45.4. The number of hydrogen-bond donors (Lipinski definition) is 1. The molecule has 0 saturated carbocycles. The van der Waals surface area contributed by atoms with Crippen molar-refractivity contribution < 1.29 is 23.0 Å². The van der Waals surface area contributed by atoms with Crippen LogP contribution in [0.2, 0.25) is 0 Å². The number of benzene rings is 2. The molecular formula is C22H24F3NO2. The van der Waals surface area contributed by atoms with E-state index >= 15 is 0 Å². The van der Waals surface area contributed by atoms with Gasteiger partial charge in [0.15, 0.2) is 0 Å². The molecule has 4 rings (SSSR count). The van der Waals surface area contributed by atoms with Gasteiger partial charge in [-0.1, -0.05) is 36.4 Å². The van der Waals surface area contributed by atoms with Gasteiger partial charge in [-0.3, -0.25) is 4.90 Å². The molecular weight excluding hydrogens is 367 g/mol. The van der Waals surface area contributed by atoms with E-state index in [2.05, 4.69) is 17.0 Å². The summed E-state index contributed by atoms with van der Waals surface area (Å²) in [6, 6.07) is 13.7. The van der Waals surface area contributed by atoms with Gasteiger partial charge in [0.25, 0.3) is 0 Å². The first kappa shape index (κ1) is 19.4. The summed E-state index contributed by atoms with van der Waals surface area (Å²) in [5.74, 6) is 0. The fourth-order valence-corrected chi connectivity index (χ4v) is 4.62. The van der Waals surface area contributed by atoms with Crippen molar-refractivity contribution in [2.75, 3.05) is 13.2 Å². The Balaban J connectivity index is 1.63. The Bertz CT molecular complexity index is 823. The van der Waals surface area contributed by atoms with Crippen LogP contribution in [0.5, 0.6) is 0 Å². The first-order valence-corrected chi connectivity index (χ1v) is 9.54. The van der Waals surface area contributed by atoms with E-state index in [1.807, 2.05) is 18.2 Å². The lowest BCUT2D eigenvalue weighted by Gasteiger charge is -2.52. The number of nitrogens with zero attached hydrogens (tertiary/aromatic N) is 1. The predicted octanol–water partition coefficient (Wildman–Crippen LogP) is 4.26. The summed E-state index contributed by atoms with van der Waals surface area (Å²) in [5, 5.41) is 11.5. The average molecular weight is 391 g/mol. The lowest BCUT2D eigenvalue weighted by atomic mass is 9.75. The predicted molar refractivity (Wildman–Crippen MR) is 99.7 cm³/mol. The first-order valence-electron chi connectivity index (χ1n) is 9.54. The second kappa shape index (κ2) is 7.17. The molecule has 0 spiro atoms. The van der Waals surface area contributed by atoms with Gasteiger partial charge in [-0.05, 0) is 48.6 Å². The van der Waals surface area contributed by atoms with Gasteiger partial charge in [0.2, 0.25) is 0 Å². The van der Waals surface area contributed by atoms with Crippen LogP contribution in [0.15, 0.2) is 48.5 Å². The maximum atomic E-state index is 13.2. The molecule has 2 unspecified atom stereocenters. The molecule has 2 aliphatic rings. The van der Waals surface area contributed by atoms with Crippen LogP contribution < -0.4 is 0 Å². The van der Waals surface area contributed by atoms with Crippen LogP contribution in [0, 0.1) is 6.92 Å². The molecule has 0 amide bonds. The Labute approximate surface area is 162 Å². The van der Waals surface area contributed by atoms with Gasteiger partial charge in [0.1, 0.15) is 0 Å². The van der Waals surface area contributed by atoms with Gasteiger partial charge in [-0.15, -0.1) is 0 Å². The third-order valence-electron chi connectivity index (χ3n) is 5.98. The number of aliphatic hydroxyl groups is 1. The van der Waals surface area contributed by atoms with Crippen molar-refractivity contribution in [1.82, 2.24) is 4.90 Å². The van der Waals surface area contributed by atoms with Crippen LogP contribution in [0.1, 0.15) is 35.1 Å². The summed E-state index contributed by atoms with van der Waals surface area (Å²) in [6.45, 7) is 3.46. The highest BCUT2D eigenvalue weighted by Gasteiger charge is 2.48. The van der Waals surface area contributed by atoms with Gasteiger partial charge in [-0.2, -0.15) is 13.2 Å². The molecule has 0 radical (unpaired) electrons. The molecule has 3 nitrogen and oxygen atoms in total. The van der Waals surface area contributed by atoms with E-state index in [-0.39, 0.29) is 12.1 Å². The fourth-order valence-electron chi connectivity index (χ4n) is 4.62. The van der Waals surface area contributed by atoms with Crippen molar-refractivity contribution in [2.45, 2.75) is 50.2 Å². The molecule has 2 aromatic rings. The Morgan fingerprint density at radius 3 is 2.32 bits per heavy atom. The number of alkyl halides is 3. The smallest absolute Gasteiger partial charge is 0.385 e. The van der Waals surface area contributed by atoms with Crippen LogP contribution in [-0.4, -0.2) is 35.3 Å². The maximum Gasteiger partial charge on any atom is 0.416 e. The van der Waals surface area contributed by atoms with E-state index in [9.17, 15) is 18.3 Å². The van der Waals surface area contributed by atoms with Gasteiger partial charge < -0.3 is 9.84 Å². The minimum atomic E-state index is -4.42. The minimum absolute atomic E-state index is 0.0355. The standard InChI is InChI=1S/C22H24F3NO2/c1-15-7-8-17(22(23,24)25)9-20(15)21(27)10-18-13-28-14-19(11-21)26(18)12-16-5-3-2-4-6-16/h2-9,18-19,27H,10-14H2,1H3. The monoisotopic (exact) mass is 391 g/mol. The molecule has 0 aromatic heterocycles. The van der Waals surface area contributed by atoms with Crippen molar-refractivity contribution >= 4 is 0 Å². The summed E-state index contributed by atoms with van der Waals surface area (Å²) in [4.78, 5) is 2.33. The molecule has 2 aromatic carbocycles. The normalized spacial score (nSPS) is 28.3. The Hall–Kier alpha value is -1.89. The molecule has 2 fully saturated rings. The summed E-state index contributed by atoms with van der Waals surface area (Å²) in [6.07, 6.45) is -3.71. The minimum Gasteiger partial charge on any atom is -0.385 e. The zero-order valence-electron chi connectivity index (χ0n) is 15.7. The lowest BCUT2D eigenvalue weighted by molar-refractivity contribution is -0.150. The molecule has 0 aliphatic carbocycles. The van der Waals surface area contributed by atoms with Gasteiger partial charge in [0.05, 0.1) is 24.4 Å². The third kappa shape index (κ3) is 3.69. The molecule has 2 heterocycles. The summed E-state index contributed by atoms with van der Waals surface area (Å²) >= 11 is 0. The van der Waals surface area contributed by atoms with Gasteiger partial charge in [0, 0.05) is 18.6 Å². The molecule has 2 aliphatic heterocycles. The number of fused-ring (bicyclic) bond motifs is 2. The van der Waals surface area contributed by atoms with Crippen molar-refractivity contribution in [2.24, 2.45) is 0 Å². The van der Waals surface area contributed by atoms with E-state index in [1.54, 1.807) is 6.92 Å². The molecule has 2 atom stereocenters. The average Bonchev–Trinajstić information content (AvgIpc) is 2.63. The highest BCUT2D eigenvalue weighted by Crippen LogP contribution is 2.44. The summed E-state index contributed by atoms with van der Waals surface area (Å²) in [7, 11) is 0. The molecule has 6 heteroatoms. The van der Waals surface area contributed by atoms with Crippen LogP contribution in [-0.2, 0) is 23.1 Å². The molecule has 2 bridgehead atoms. The van der Waals surface area contributed by atoms with Gasteiger partial charge in [-0.25, -0.2) is 0 Å². The number of hydrogen-bond acceptors (Lipinski definition) is 3. The Morgan fingerprint density at radius 2 is 1.71 bits per heavy atom. The van der Waals surface area contributed by atoms with E-state index in [1.165, 1.54) is 11.6 Å². The van der Waals surface area contributed by atoms with E-state index < -0.39 is 17.3 Å². The number of piperidine rings is 1. The first-order chi connectivity index (χ1) is 13.3. The molecule has 150 valence electrons.